The zero-order chi connectivity index (χ0) is 16.9. The second-order valence-electron chi connectivity index (χ2n) is 6.13. The molecular weight excluding hydrogens is 314 g/mol. The fourth-order valence-corrected chi connectivity index (χ4v) is 3.29. The Bertz CT molecular complexity index is 661. The van der Waals surface area contributed by atoms with Crippen LogP contribution in [0.3, 0.4) is 0 Å². The molecule has 0 bridgehead atoms. The van der Waals surface area contributed by atoms with E-state index < -0.39 is 9.52 Å². The highest BCUT2D eigenvalue weighted by Crippen LogP contribution is 2.18. The average molecular weight is 337 g/mol. The third-order valence-electron chi connectivity index (χ3n) is 3.76. The van der Waals surface area contributed by atoms with Crippen molar-refractivity contribution in [3.63, 3.8) is 0 Å². The largest absolute Gasteiger partial charge is 0.445 e. The van der Waals surface area contributed by atoms with E-state index in [0.29, 0.717) is 25.9 Å². The molecule has 1 heterocycles. The van der Waals surface area contributed by atoms with Gasteiger partial charge in [0.15, 0.2) is 5.78 Å². The van der Waals surface area contributed by atoms with Gasteiger partial charge >= 0.3 is 6.09 Å². The molecular formula is C17H23NO4S. The van der Waals surface area contributed by atoms with Crippen molar-refractivity contribution in [3.05, 3.63) is 35.9 Å². The molecule has 1 aliphatic rings. The van der Waals surface area contributed by atoms with Crippen LogP contribution in [0.25, 0.3) is 0 Å². The summed E-state index contributed by atoms with van der Waals surface area (Å²) >= 11 is 0. The van der Waals surface area contributed by atoms with E-state index in [1.165, 1.54) is 5.37 Å². The first-order valence-electron chi connectivity index (χ1n) is 7.63. The van der Waals surface area contributed by atoms with Gasteiger partial charge < -0.3 is 9.64 Å². The summed E-state index contributed by atoms with van der Waals surface area (Å²) in [6.07, 6.45) is 3.94. The van der Waals surface area contributed by atoms with Gasteiger partial charge in [-0.2, -0.15) is 0 Å². The maximum atomic E-state index is 12.0. The minimum absolute atomic E-state index is 0.0719. The topological polar surface area (TPSA) is 63.7 Å². The van der Waals surface area contributed by atoms with E-state index in [4.69, 9.17) is 4.74 Å². The molecule has 126 valence electrons. The maximum absolute atomic E-state index is 12.0. The van der Waals surface area contributed by atoms with Crippen LogP contribution in [-0.4, -0.2) is 52.0 Å². The zero-order valence-corrected chi connectivity index (χ0v) is 14.4. The van der Waals surface area contributed by atoms with Gasteiger partial charge in [0.25, 0.3) is 0 Å². The van der Waals surface area contributed by atoms with E-state index in [0.717, 1.165) is 5.56 Å². The Hall–Kier alpha value is -1.82. The summed E-state index contributed by atoms with van der Waals surface area (Å²) in [5.41, 5.74) is 0.946. The lowest BCUT2D eigenvalue weighted by molar-refractivity contribution is -0.117. The van der Waals surface area contributed by atoms with Gasteiger partial charge in [-0.3, -0.25) is 9.00 Å². The average Bonchev–Trinajstić information content (AvgIpc) is 2.52. The minimum atomic E-state index is -2.17. The number of ether oxygens (including phenoxy) is 1. The quantitative estimate of drug-likeness (QED) is 0.788. The van der Waals surface area contributed by atoms with Gasteiger partial charge in [-0.25, -0.2) is 4.79 Å². The van der Waals surface area contributed by atoms with Gasteiger partial charge in [-0.1, -0.05) is 30.3 Å². The normalized spacial score (nSPS) is 16.0. The zero-order valence-electron chi connectivity index (χ0n) is 13.6. The molecule has 1 fully saturated rings. The Kier molecular flexibility index (Phi) is 5.82. The van der Waals surface area contributed by atoms with Gasteiger partial charge in [0.1, 0.15) is 6.61 Å². The molecule has 1 amide bonds. The van der Waals surface area contributed by atoms with Gasteiger partial charge in [0.05, 0.1) is 0 Å². The molecule has 0 spiro atoms. The maximum Gasteiger partial charge on any atom is 0.410 e. The van der Waals surface area contributed by atoms with Crippen LogP contribution in [-0.2, 0) is 25.7 Å². The number of benzene rings is 1. The number of amides is 1. The van der Waals surface area contributed by atoms with Crippen LogP contribution in [0.2, 0.25) is 0 Å². The lowest BCUT2D eigenvalue weighted by Gasteiger charge is -2.30. The molecule has 0 radical (unpaired) electrons. The predicted octanol–water partition coefficient (Wildman–Crippen LogP) is 1.95. The molecule has 6 heteroatoms. The van der Waals surface area contributed by atoms with Crippen molar-refractivity contribution in [2.75, 3.05) is 25.6 Å². The van der Waals surface area contributed by atoms with E-state index in [2.05, 4.69) is 0 Å². The number of Topliss-reactive ketones (excluding diaryl/α,β-unsaturated/α-hetero) is 1. The first kappa shape index (κ1) is 17.5. The molecule has 2 rings (SSSR count). The Morgan fingerprint density at radius 1 is 1.22 bits per heavy atom. The number of likely N-dealkylation sites (tertiary alicyclic amines) is 1. The van der Waals surface area contributed by atoms with Crippen LogP contribution in [0.1, 0.15) is 18.4 Å². The third-order valence-corrected chi connectivity index (χ3v) is 4.56. The van der Waals surface area contributed by atoms with Crippen LogP contribution in [0.5, 0.6) is 0 Å². The number of rotatable bonds is 4. The Balaban J connectivity index is 1.81. The highest BCUT2D eigenvalue weighted by Gasteiger charge is 2.27. The fourth-order valence-electron chi connectivity index (χ4n) is 2.53. The van der Waals surface area contributed by atoms with Gasteiger partial charge in [-0.05, 0) is 27.9 Å². The summed E-state index contributed by atoms with van der Waals surface area (Å²) in [7, 11) is -2.17. The van der Waals surface area contributed by atoms with Crippen LogP contribution in [0, 0.1) is 5.92 Å². The number of ketones is 1. The fraction of sp³-hybridized carbons (Fsp3) is 0.471. The molecule has 0 aromatic heterocycles. The van der Waals surface area contributed by atoms with Crippen molar-refractivity contribution in [2.45, 2.75) is 19.4 Å². The first-order valence-corrected chi connectivity index (χ1v) is 10.1. The monoisotopic (exact) mass is 337 g/mol. The van der Waals surface area contributed by atoms with Crippen molar-refractivity contribution in [3.8, 4) is 0 Å². The van der Waals surface area contributed by atoms with Crippen molar-refractivity contribution in [1.82, 2.24) is 4.90 Å². The lowest BCUT2D eigenvalue weighted by Crippen LogP contribution is -2.41. The molecule has 5 nitrogen and oxygen atoms in total. The second-order valence-corrected chi connectivity index (χ2v) is 8.99. The number of hydrogen-bond acceptors (Lipinski definition) is 4. The first-order chi connectivity index (χ1) is 10.8. The summed E-state index contributed by atoms with van der Waals surface area (Å²) < 4.78 is 17.0. The lowest BCUT2D eigenvalue weighted by atomic mass is 9.93. The minimum Gasteiger partial charge on any atom is -0.445 e. The summed E-state index contributed by atoms with van der Waals surface area (Å²) in [5, 5.41) is 1.33. The van der Waals surface area contributed by atoms with E-state index in [-0.39, 0.29) is 24.4 Å². The molecule has 1 aromatic rings. The summed E-state index contributed by atoms with van der Waals surface area (Å²) in [6, 6.07) is 9.52. The Morgan fingerprint density at radius 2 is 1.83 bits per heavy atom. The number of hydrogen-bond donors (Lipinski definition) is 0. The summed E-state index contributed by atoms with van der Waals surface area (Å²) in [6.45, 7) is 1.24. The molecule has 0 saturated carbocycles. The third kappa shape index (κ3) is 5.71. The number of nitrogens with zero attached hydrogens (tertiary/aromatic N) is 1. The van der Waals surface area contributed by atoms with Crippen molar-refractivity contribution in [1.29, 1.82) is 0 Å². The van der Waals surface area contributed by atoms with Crippen LogP contribution in [0.4, 0.5) is 4.79 Å². The predicted molar refractivity (Wildman–Crippen MR) is 92.0 cm³/mol. The highest BCUT2D eigenvalue weighted by atomic mass is 32.2. The van der Waals surface area contributed by atoms with Crippen LogP contribution in [0.15, 0.2) is 30.3 Å². The standard InChI is InChI=1S/C17H23NO4S/c1-23(2,21)13-16(19)15-8-10-18(11-9-15)17(20)22-12-14-6-4-3-5-7-14/h3-7,13,15H,8-12H2,1-2H3. The molecule has 1 aromatic carbocycles. The molecule has 0 unspecified atom stereocenters. The number of carbonyl (C=O) groups excluding carboxylic acids is 2. The van der Waals surface area contributed by atoms with Gasteiger partial charge in [0.2, 0.25) is 0 Å². The van der Waals surface area contributed by atoms with E-state index >= 15 is 0 Å². The second kappa shape index (κ2) is 7.64. The molecule has 0 N–H and O–H groups in total. The van der Waals surface area contributed by atoms with Crippen LogP contribution >= 0.6 is 0 Å². The molecule has 0 aliphatic carbocycles. The molecule has 0 atom stereocenters. The molecule has 1 saturated heterocycles. The Morgan fingerprint density at radius 3 is 2.39 bits per heavy atom. The SMILES string of the molecule is CS(C)(=O)=CC(=O)C1CCN(C(=O)OCc2ccccc2)CC1. The van der Waals surface area contributed by atoms with E-state index in [1.807, 2.05) is 30.3 Å². The molecule has 1 aliphatic heterocycles. The van der Waals surface area contributed by atoms with Gasteiger partial charge in [0, 0.05) is 36.9 Å². The Labute approximate surface area is 137 Å². The van der Waals surface area contributed by atoms with E-state index in [9.17, 15) is 13.8 Å². The summed E-state index contributed by atoms with van der Waals surface area (Å²) in [5.74, 6) is -0.216. The summed E-state index contributed by atoms with van der Waals surface area (Å²) in [4.78, 5) is 25.7. The molecule has 23 heavy (non-hydrogen) atoms. The van der Waals surface area contributed by atoms with Gasteiger partial charge in [-0.15, -0.1) is 0 Å². The van der Waals surface area contributed by atoms with E-state index in [1.54, 1.807) is 17.4 Å². The smallest absolute Gasteiger partial charge is 0.410 e. The van der Waals surface area contributed by atoms with Crippen molar-refractivity contribution in [2.24, 2.45) is 5.92 Å². The van der Waals surface area contributed by atoms with Crippen molar-refractivity contribution < 1.29 is 18.5 Å². The highest BCUT2D eigenvalue weighted by molar-refractivity contribution is 8.01. The van der Waals surface area contributed by atoms with Crippen molar-refractivity contribution >= 4 is 26.8 Å². The number of piperidine rings is 1. The number of carbonyl (C=O) groups is 2. The van der Waals surface area contributed by atoms with Crippen LogP contribution < -0.4 is 0 Å².